The molecule has 8 nitrogen and oxygen atoms in total. The minimum atomic E-state index is -1.99. The molecule has 1 saturated heterocycles. The smallest absolute Gasteiger partial charge is 0.316 e. The first-order valence-electron chi connectivity index (χ1n) is 9.48. The summed E-state index contributed by atoms with van der Waals surface area (Å²) >= 11 is 4.09. The van der Waals surface area contributed by atoms with Crippen LogP contribution >= 0.6 is 11.6 Å². The van der Waals surface area contributed by atoms with Crippen LogP contribution < -0.4 is 15.2 Å². The van der Waals surface area contributed by atoms with Gasteiger partial charge in [0, 0.05) is 36.6 Å². The highest BCUT2D eigenvalue weighted by Gasteiger charge is 2.39. The fourth-order valence-electron chi connectivity index (χ4n) is 3.27. The molecule has 1 unspecified atom stereocenters. The van der Waals surface area contributed by atoms with Crippen molar-refractivity contribution in [3.8, 4) is 11.4 Å². The molecule has 10 heteroatoms. The van der Waals surface area contributed by atoms with Gasteiger partial charge >= 0.3 is 5.56 Å². The van der Waals surface area contributed by atoms with E-state index in [-0.39, 0.29) is 16.7 Å². The number of hydrogen-bond acceptors (Lipinski definition) is 5. The lowest BCUT2D eigenvalue weighted by atomic mass is 10.2. The Kier molecular flexibility index (Phi) is 5.65. The van der Waals surface area contributed by atoms with E-state index in [1.54, 1.807) is 30.5 Å². The van der Waals surface area contributed by atoms with Crippen molar-refractivity contribution in [1.29, 1.82) is 0 Å². The number of halogens is 1. The highest BCUT2D eigenvalue weighted by Crippen LogP contribution is 2.45. The zero-order chi connectivity index (χ0) is 20.6. The fraction of sp³-hybridized carbons (Fsp3) is 0.474. The number of anilines is 1. The molecule has 2 aliphatic rings. The van der Waals surface area contributed by atoms with Crippen molar-refractivity contribution in [2.24, 2.45) is 5.41 Å². The third kappa shape index (κ3) is 4.48. The summed E-state index contributed by atoms with van der Waals surface area (Å²) in [6.07, 6.45) is 3.78. The van der Waals surface area contributed by atoms with Crippen molar-refractivity contribution in [3.63, 3.8) is 0 Å². The molecular formula is C19H23ClN4O4S. The van der Waals surface area contributed by atoms with E-state index in [4.69, 9.17) is 16.3 Å². The molecular weight excluding hydrogens is 416 g/mol. The van der Waals surface area contributed by atoms with Gasteiger partial charge in [0.05, 0.1) is 18.5 Å². The summed E-state index contributed by atoms with van der Waals surface area (Å²) in [6, 6.07) is 6.94. The van der Waals surface area contributed by atoms with Gasteiger partial charge in [-0.2, -0.15) is 14.1 Å². The van der Waals surface area contributed by atoms with Gasteiger partial charge in [-0.15, -0.1) is 0 Å². The Balaban J connectivity index is 1.68. The summed E-state index contributed by atoms with van der Waals surface area (Å²) in [5.41, 5.74) is 0.945. The van der Waals surface area contributed by atoms with Gasteiger partial charge in [-0.1, -0.05) is 24.6 Å². The summed E-state index contributed by atoms with van der Waals surface area (Å²) < 4.78 is 29.4. The van der Waals surface area contributed by atoms with E-state index in [1.807, 2.05) is 4.90 Å². The first-order chi connectivity index (χ1) is 13.9. The molecule has 0 spiro atoms. The number of nitrogens with zero attached hydrogens (tertiary/aromatic N) is 4. The van der Waals surface area contributed by atoms with E-state index in [1.165, 1.54) is 8.99 Å². The molecule has 1 N–H and O–H groups in total. The maximum atomic E-state index is 13.3. The standard InChI is InChI=1S/C19H23ClN4O4S/c1-19(5-6-19)13-28-17-16(22-7-9-23(10-8-22)29(26)27)12-21-24(18(17)25)15-4-2-3-14(20)11-15/h2-4,11-12H,5-10,13H2,1H3,(H,26,27). The molecule has 0 amide bonds. The van der Waals surface area contributed by atoms with E-state index in [0.717, 1.165) is 12.8 Å². The van der Waals surface area contributed by atoms with Crippen LogP contribution in [0.15, 0.2) is 35.3 Å². The van der Waals surface area contributed by atoms with Gasteiger partial charge in [0.15, 0.2) is 0 Å². The number of ether oxygens (including phenoxy) is 1. The number of hydrogen-bond donors (Lipinski definition) is 1. The van der Waals surface area contributed by atoms with Crippen LogP contribution in [0.5, 0.6) is 5.75 Å². The third-order valence-corrected chi connectivity index (χ3v) is 6.48. The van der Waals surface area contributed by atoms with Crippen molar-refractivity contribution in [2.75, 3.05) is 37.7 Å². The van der Waals surface area contributed by atoms with Gasteiger partial charge in [-0.25, -0.2) is 4.21 Å². The van der Waals surface area contributed by atoms with Gasteiger partial charge in [0.25, 0.3) is 0 Å². The second kappa shape index (κ2) is 8.06. The summed E-state index contributed by atoms with van der Waals surface area (Å²) in [5.74, 6) is 0.256. The van der Waals surface area contributed by atoms with Gasteiger partial charge in [0.2, 0.25) is 17.0 Å². The van der Waals surface area contributed by atoms with Crippen molar-refractivity contribution in [3.05, 3.63) is 45.8 Å². The van der Waals surface area contributed by atoms with E-state index >= 15 is 0 Å². The van der Waals surface area contributed by atoms with Gasteiger partial charge in [-0.3, -0.25) is 9.35 Å². The van der Waals surface area contributed by atoms with Crippen LogP contribution in [0, 0.1) is 5.41 Å². The molecule has 1 atom stereocenters. The maximum Gasteiger partial charge on any atom is 0.316 e. The molecule has 4 rings (SSSR count). The second-order valence-corrected chi connectivity index (χ2v) is 9.22. The van der Waals surface area contributed by atoms with E-state index in [2.05, 4.69) is 12.0 Å². The fourth-order valence-corrected chi connectivity index (χ4v) is 3.93. The Morgan fingerprint density at radius 1 is 1.28 bits per heavy atom. The molecule has 1 saturated carbocycles. The van der Waals surface area contributed by atoms with Crippen LogP contribution in [-0.4, -0.2) is 55.6 Å². The topological polar surface area (TPSA) is 87.9 Å². The molecule has 1 aliphatic heterocycles. The Hall–Kier alpha value is -1.94. The lowest BCUT2D eigenvalue weighted by Crippen LogP contribution is -2.47. The van der Waals surface area contributed by atoms with Crippen molar-refractivity contribution in [1.82, 2.24) is 14.1 Å². The first kappa shape index (κ1) is 20.3. The quantitative estimate of drug-likeness (QED) is 0.696. The summed E-state index contributed by atoms with van der Waals surface area (Å²) in [5, 5.41) is 4.86. The SMILES string of the molecule is CC1(COc2c(N3CCN(S(=O)O)CC3)cnn(-c3cccc(Cl)c3)c2=O)CC1. The summed E-state index contributed by atoms with van der Waals surface area (Å²) in [6.45, 7) is 4.44. The van der Waals surface area contributed by atoms with E-state index in [9.17, 15) is 13.6 Å². The van der Waals surface area contributed by atoms with Crippen LogP contribution in [0.3, 0.4) is 0 Å². The third-order valence-electron chi connectivity index (χ3n) is 5.44. The van der Waals surface area contributed by atoms with Crippen molar-refractivity contribution in [2.45, 2.75) is 19.8 Å². The van der Waals surface area contributed by atoms with Gasteiger partial charge in [-0.05, 0) is 31.0 Å². The molecule has 1 aliphatic carbocycles. The van der Waals surface area contributed by atoms with Crippen LogP contribution in [0.25, 0.3) is 5.69 Å². The Bertz CT molecular complexity index is 986. The molecule has 1 aromatic heterocycles. The van der Waals surface area contributed by atoms with Crippen LogP contribution in [0.1, 0.15) is 19.8 Å². The lowest BCUT2D eigenvalue weighted by Gasteiger charge is -2.34. The van der Waals surface area contributed by atoms with Crippen molar-refractivity contribution < 1.29 is 13.5 Å². The Morgan fingerprint density at radius 3 is 2.62 bits per heavy atom. The van der Waals surface area contributed by atoms with Crippen molar-refractivity contribution >= 4 is 28.6 Å². The number of rotatable bonds is 6. The van der Waals surface area contributed by atoms with Gasteiger partial charge < -0.3 is 9.64 Å². The average Bonchev–Trinajstić information content (AvgIpc) is 3.44. The molecule has 2 fully saturated rings. The van der Waals surface area contributed by atoms with Gasteiger partial charge in [0.1, 0.15) is 5.69 Å². The molecule has 156 valence electrons. The summed E-state index contributed by atoms with van der Waals surface area (Å²) in [4.78, 5) is 15.2. The second-order valence-electron chi connectivity index (χ2n) is 7.80. The maximum absolute atomic E-state index is 13.3. The predicted molar refractivity (Wildman–Crippen MR) is 112 cm³/mol. The minimum Gasteiger partial charge on any atom is -0.486 e. The lowest BCUT2D eigenvalue weighted by molar-refractivity contribution is 0.242. The van der Waals surface area contributed by atoms with E-state index < -0.39 is 11.3 Å². The molecule has 1 aromatic carbocycles. The normalized spacial score (nSPS) is 19.8. The summed E-state index contributed by atoms with van der Waals surface area (Å²) in [7, 11) is 0. The zero-order valence-corrected chi connectivity index (χ0v) is 17.7. The van der Waals surface area contributed by atoms with E-state index in [0.29, 0.717) is 49.2 Å². The first-order valence-corrected chi connectivity index (χ1v) is 10.9. The number of aromatic nitrogens is 2. The average molecular weight is 439 g/mol. The van der Waals surface area contributed by atoms with Crippen LogP contribution in [0.4, 0.5) is 5.69 Å². The largest absolute Gasteiger partial charge is 0.486 e. The zero-order valence-electron chi connectivity index (χ0n) is 16.1. The Morgan fingerprint density at radius 2 is 2.00 bits per heavy atom. The predicted octanol–water partition coefficient (Wildman–Crippen LogP) is 2.32. The molecule has 0 bridgehead atoms. The number of piperazine rings is 1. The number of benzene rings is 1. The highest BCUT2D eigenvalue weighted by molar-refractivity contribution is 7.76. The molecule has 2 aromatic rings. The van der Waals surface area contributed by atoms with Crippen LogP contribution in [0.2, 0.25) is 5.02 Å². The molecule has 2 heterocycles. The molecule has 29 heavy (non-hydrogen) atoms. The highest BCUT2D eigenvalue weighted by atomic mass is 35.5. The monoisotopic (exact) mass is 438 g/mol. The minimum absolute atomic E-state index is 0.111. The Labute approximate surface area is 176 Å². The van der Waals surface area contributed by atoms with Crippen LogP contribution in [-0.2, 0) is 11.3 Å². The molecule has 0 radical (unpaired) electrons.